The first-order valence-corrected chi connectivity index (χ1v) is 7.55. The highest BCUT2D eigenvalue weighted by Crippen LogP contribution is 2.17. The monoisotopic (exact) mass is 295 g/mol. The molecule has 0 aromatic heterocycles. The van der Waals surface area contributed by atoms with Gasteiger partial charge in [-0.1, -0.05) is 0 Å². The fourth-order valence-corrected chi connectivity index (χ4v) is 2.40. The fraction of sp³-hybridized carbons (Fsp3) is 0.625. The normalized spacial score (nSPS) is 21.0. The summed E-state index contributed by atoms with van der Waals surface area (Å²) in [5.41, 5.74) is 0. The van der Waals surface area contributed by atoms with Gasteiger partial charge in [0.05, 0.1) is 19.3 Å². The summed E-state index contributed by atoms with van der Waals surface area (Å²) >= 11 is 0. The molecule has 21 heavy (non-hydrogen) atoms. The summed E-state index contributed by atoms with van der Waals surface area (Å²) in [5.74, 6) is 1.57. The minimum atomic E-state index is -0.498. The van der Waals surface area contributed by atoms with Crippen molar-refractivity contribution >= 4 is 0 Å². The molecule has 0 radical (unpaired) electrons. The molecule has 1 aliphatic rings. The highest BCUT2D eigenvalue weighted by Gasteiger charge is 2.19. The van der Waals surface area contributed by atoms with Gasteiger partial charge in [-0.15, -0.1) is 0 Å². The van der Waals surface area contributed by atoms with E-state index in [0.29, 0.717) is 19.8 Å². The number of hydrogen-bond acceptors (Lipinski definition) is 5. The third-order valence-electron chi connectivity index (χ3n) is 3.37. The standard InChI is InChI=1S/C16H25NO4/c1-3-19-15-4-6-16(7-5-15)21-12-14(18)11-17-8-9-20-13(2)10-17/h4-7,13-14,18H,3,8-12H2,1-2H3/t13-,14+/m1/s1. The number of β-amino-alcohol motifs (C(OH)–C–C–N with tert-alkyl or cyclic N) is 1. The van der Waals surface area contributed by atoms with Crippen LogP contribution >= 0.6 is 0 Å². The van der Waals surface area contributed by atoms with Crippen molar-refractivity contribution in [3.05, 3.63) is 24.3 Å². The van der Waals surface area contributed by atoms with Gasteiger partial charge in [-0.3, -0.25) is 4.90 Å². The van der Waals surface area contributed by atoms with Gasteiger partial charge < -0.3 is 19.3 Å². The van der Waals surface area contributed by atoms with Crippen LogP contribution in [-0.2, 0) is 4.74 Å². The van der Waals surface area contributed by atoms with E-state index < -0.39 is 6.10 Å². The van der Waals surface area contributed by atoms with E-state index in [9.17, 15) is 5.11 Å². The maximum Gasteiger partial charge on any atom is 0.119 e. The zero-order valence-electron chi connectivity index (χ0n) is 12.8. The van der Waals surface area contributed by atoms with Crippen molar-refractivity contribution in [2.45, 2.75) is 26.1 Å². The number of benzene rings is 1. The van der Waals surface area contributed by atoms with Crippen LogP contribution in [0.4, 0.5) is 0 Å². The van der Waals surface area contributed by atoms with Crippen LogP contribution in [-0.4, -0.2) is 61.7 Å². The van der Waals surface area contributed by atoms with Crippen LogP contribution in [0, 0.1) is 0 Å². The van der Waals surface area contributed by atoms with Crippen LogP contribution < -0.4 is 9.47 Å². The van der Waals surface area contributed by atoms with E-state index in [1.54, 1.807) is 0 Å². The van der Waals surface area contributed by atoms with Crippen molar-refractivity contribution in [1.82, 2.24) is 4.90 Å². The second kappa shape index (κ2) is 8.22. The predicted molar refractivity (Wildman–Crippen MR) is 81.0 cm³/mol. The van der Waals surface area contributed by atoms with Gasteiger partial charge in [-0.25, -0.2) is 0 Å². The van der Waals surface area contributed by atoms with Crippen LogP contribution in [0.5, 0.6) is 11.5 Å². The average molecular weight is 295 g/mol. The molecule has 1 aliphatic heterocycles. The molecule has 0 saturated carbocycles. The highest BCUT2D eigenvalue weighted by molar-refractivity contribution is 5.31. The molecular formula is C16H25NO4. The lowest BCUT2D eigenvalue weighted by Crippen LogP contribution is -2.45. The Kier molecular flexibility index (Phi) is 6.29. The molecule has 2 atom stereocenters. The summed E-state index contributed by atoms with van der Waals surface area (Å²) < 4.78 is 16.5. The molecule has 0 spiro atoms. The Labute approximate surface area is 126 Å². The third-order valence-corrected chi connectivity index (χ3v) is 3.37. The number of morpholine rings is 1. The first-order chi connectivity index (χ1) is 10.2. The van der Waals surface area contributed by atoms with E-state index in [-0.39, 0.29) is 6.10 Å². The Morgan fingerprint density at radius 1 is 1.29 bits per heavy atom. The molecule has 0 bridgehead atoms. The molecule has 1 fully saturated rings. The summed E-state index contributed by atoms with van der Waals surface area (Å²) in [6.45, 7) is 8.02. The van der Waals surface area contributed by atoms with Crippen molar-refractivity contribution in [3.63, 3.8) is 0 Å². The minimum absolute atomic E-state index is 0.234. The Hall–Kier alpha value is -1.30. The first kappa shape index (κ1) is 16.1. The molecule has 0 aliphatic carbocycles. The average Bonchev–Trinajstić information content (AvgIpc) is 2.47. The van der Waals surface area contributed by atoms with Crippen molar-refractivity contribution in [3.8, 4) is 11.5 Å². The van der Waals surface area contributed by atoms with Gasteiger partial charge >= 0.3 is 0 Å². The molecule has 118 valence electrons. The topological polar surface area (TPSA) is 51.2 Å². The van der Waals surface area contributed by atoms with Crippen LogP contribution in [0.3, 0.4) is 0 Å². The fourth-order valence-electron chi connectivity index (χ4n) is 2.40. The first-order valence-electron chi connectivity index (χ1n) is 7.55. The molecule has 1 N–H and O–H groups in total. The molecule has 2 rings (SSSR count). The number of nitrogens with zero attached hydrogens (tertiary/aromatic N) is 1. The van der Waals surface area contributed by atoms with Gasteiger partial charge in [0.1, 0.15) is 24.2 Å². The predicted octanol–water partition coefficient (Wildman–Crippen LogP) is 1.55. The summed E-state index contributed by atoms with van der Waals surface area (Å²) in [5, 5.41) is 10.1. The number of rotatable bonds is 7. The van der Waals surface area contributed by atoms with E-state index in [1.807, 2.05) is 31.2 Å². The van der Waals surface area contributed by atoms with Crippen LogP contribution in [0.25, 0.3) is 0 Å². The minimum Gasteiger partial charge on any atom is -0.494 e. The van der Waals surface area contributed by atoms with Crippen molar-refractivity contribution in [2.24, 2.45) is 0 Å². The largest absolute Gasteiger partial charge is 0.494 e. The van der Waals surface area contributed by atoms with Crippen LogP contribution in [0.15, 0.2) is 24.3 Å². The Morgan fingerprint density at radius 2 is 1.95 bits per heavy atom. The van der Waals surface area contributed by atoms with Gasteiger partial charge in [-0.05, 0) is 38.1 Å². The van der Waals surface area contributed by atoms with E-state index in [2.05, 4.69) is 11.8 Å². The molecule has 1 aromatic carbocycles. The van der Waals surface area contributed by atoms with Crippen molar-refractivity contribution in [1.29, 1.82) is 0 Å². The summed E-state index contributed by atoms with van der Waals surface area (Å²) in [6, 6.07) is 7.45. The lowest BCUT2D eigenvalue weighted by atomic mass is 10.2. The van der Waals surface area contributed by atoms with E-state index >= 15 is 0 Å². The summed E-state index contributed by atoms with van der Waals surface area (Å²) in [7, 11) is 0. The lowest BCUT2D eigenvalue weighted by molar-refractivity contribution is -0.0361. The Morgan fingerprint density at radius 3 is 2.57 bits per heavy atom. The van der Waals surface area contributed by atoms with Gasteiger partial charge in [-0.2, -0.15) is 0 Å². The second-order valence-corrected chi connectivity index (χ2v) is 5.31. The summed E-state index contributed by atoms with van der Waals surface area (Å²) in [6.07, 6.45) is -0.264. The molecule has 5 heteroatoms. The Bertz CT molecular complexity index is 409. The number of aliphatic hydroxyl groups is 1. The lowest BCUT2D eigenvalue weighted by Gasteiger charge is -2.32. The summed E-state index contributed by atoms with van der Waals surface area (Å²) in [4.78, 5) is 2.21. The SMILES string of the molecule is CCOc1ccc(OC[C@@H](O)CN2CCO[C@H](C)C2)cc1. The third kappa shape index (κ3) is 5.53. The molecule has 1 aromatic rings. The number of hydrogen-bond donors (Lipinski definition) is 1. The number of aliphatic hydroxyl groups excluding tert-OH is 1. The van der Waals surface area contributed by atoms with Gasteiger partial charge in [0.25, 0.3) is 0 Å². The molecule has 0 amide bonds. The molecular weight excluding hydrogens is 270 g/mol. The zero-order chi connectivity index (χ0) is 15.1. The maximum atomic E-state index is 10.1. The zero-order valence-corrected chi connectivity index (χ0v) is 12.8. The molecule has 0 unspecified atom stereocenters. The molecule has 5 nitrogen and oxygen atoms in total. The Balaban J connectivity index is 1.71. The van der Waals surface area contributed by atoms with Crippen LogP contribution in [0.2, 0.25) is 0 Å². The van der Waals surface area contributed by atoms with E-state index in [4.69, 9.17) is 14.2 Å². The smallest absolute Gasteiger partial charge is 0.119 e. The molecule has 1 saturated heterocycles. The van der Waals surface area contributed by atoms with Crippen molar-refractivity contribution < 1.29 is 19.3 Å². The van der Waals surface area contributed by atoms with Crippen LogP contribution in [0.1, 0.15) is 13.8 Å². The van der Waals surface area contributed by atoms with Crippen molar-refractivity contribution in [2.75, 3.05) is 39.5 Å². The highest BCUT2D eigenvalue weighted by atomic mass is 16.5. The van der Waals surface area contributed by atoms with Gasteiger partial charge in [0.2, 0.25) is 0 Å². The quantitative estimate of drug-likeness (QED) is 0.827. The maximum absolute atomic E-state index is 10.1. The van der Waals surface area contributed by atoms with Gasteiger partial charge in [0, 0.05) is 19.6 Å². The van der Waals surface area contributed by atoms with Gasteiger partial charge in [0.15, 0.2) is 0 Å². The second-order valence-electron chi connectivity index (χ2n) is 5.31. The van der Waals surface area contributed by atoms with E-state index in [1.165, 1.54) is 0 Å². The molecule has 1 heterocycles. The van der Waals surface area contributed by atoms with E-state index in [0.717, 1.165) is 31.2 Å². The number of ether oxygens (including phenoxy) is 3.